The molecule has 0 saturated heterocycles. The third-order valence-corrected chi connectivity index (χ3v) is 10.6. The first kappa shape index (κ1) is 24.3. The molecule has 3 saturated carbocycles. The molecule has 4 aliphatic rings. The summed E-state index contributed by atoms with van der Waals surface area (Å²) in [4.78, 5) is 11.5. The summed E-state index contributed by atoms with van der Waals surface area (Å²) in [6, 6.07) is 0. The molecule has 0 aromatic carbocycles. The number of carbonyl (C=O) groups is 1. The maximum atomic E-state index is 11.5. The lowest BCUT2D eigenvalue weighted by atomic mass is 9.46. The first-order chi connectivity index (χ1) is 15.2. The second-order valence-electron chi connectivity index (χ2n) is 12.7. The van der Waals surface area contributed by atoms with Gasteiger partial charge >= 0.3 is 5.97 Å². The van der Waals surface area contributed by atoms with E-state index in [2.05, 4.69) is 33.8 Å². The van der Waals surface area contributed by atoms with E-state index in [1.165, 1.54) is 63.9 Å². The second-order valence-corrected chi connectivity index (χ2v) is 12.7. The van der Waals surface area contributed by atoms with Gasteiger partial charge in [-0.2, -0.15) is 0 Å². The Balaban J connectivity index is 1.50. The predicted octanol–water partition coefficient (Wildman–Crippen LogP) is 6.93. The molecule has 0 amide bonds. The average molecular weight is 445 g/mol. The van der Waals surface area contributed by atoms with Crippen molar-refractivity contribution in [3.8, 4) is 0 Å². The number of rotatable bonds is 7. The lowest BCUT2D eigenvalue weighted by Crippen LogP contribution is -2.53. The van der Waals surface area contributed by atoms with E-state index in [1.54, 1.807) is 0 Å². The molecule has 0 spiro atoms. The quantitative estimate of drug-likeness (QED) is 0.342. The maximum absolute atomic E-state index is 11.5. The molecule has 182 valence electrons. The predicted molar refractivity (Wildman–Crippen MR) is 130 cm³/mol. The highest BCUT2D eigenvalue weighted by atomic mass is 16.5. The van der Waals surface area contributed by atoms with Crippen LogP contribution in [-0.2, 0) is 9.53 Å². The molecule has 0 heterocycles. The van der Waals surface area contributed by atoms with E-state index in [9.17, 15) is 9.90 Å². The van der Waals surface area contributed by atoms with Gasteiger partial charge in [-0.3, -0.25) is 4.79 Å². The normalized spacial score (nSPS) is 42.0. The largest absolute Gasteiger partial charge is 0.462 e. The molecule has 0 aromatic heterocycles. The highest BCUT2D eigenvalue weighted by Gasteiger charge is 2.60. The van der Waals surface area contributed by atoms with Gasteiger partial charge < -0.3 is 9.84 Å². The van der Waals surface area contributed by atoms with Crippen molar-refractivity contribution in [3.63, 3.8) is 0 Å². The summed E-state index contributed by atoms with van der Waals surface area (Å²) in [5.74, 6) is 4.50. The second kappa shape index (κ2) is 9.43. The van der Waals surface area contributed by atoms with Crippen LogP contribution in [0.15, 0.2) is 11.6 Å². The van der Waals surface area contributed by atoms with E-state index < -0.39 is 0 Å². The number of fused-ring (bicyclic) bond motifs is 5. The topological polar surface area (TPSA) is 46.5 Å². The van der Waals surface area contributed by atoms with Crippen molar-refractivity contribution in [2.75, 3.05) is 6.61 Å². The van der Waals surface area contributed by atoms with E-state index >= 15 is 0 Å². The standard InChI is InChI=1S/C29H48O3/c1-19(2)7-6-8-20(3)25-11-12-26-24-10-9-22-17-23(32-21(4)31)13-16-29(22,18-30)27(24)14-15-28(25,26)5/h9,19-20,23-27,30H,6-8,10-18H2,1-5H3/t20-,23+,24-,25+,26-,27-,28+,29+/m0/s1. The SMILES string of the molecule is CC(=O)O[C@@H]1CC[C@@]2(CO)C(=CC[C@@H]3[C@@H]2CC[C@]2(C)[C@@H]([C@@H](C)CCCC(C)C)CC[C@@H]32)C1. The van der Waals surface area contributed by atoms with Gasteiger partial charge in [0.25, 0.3) is 0 Å². The summed E-state index contributed by atoms with van der Waals surface area (Å²) in [5.41, 5.74) is 1.83. The molecule has 0 aromatic rings. The van der Waals surface area contributed by atoms with Crippen molar-refractivity contribution >= 4 is 5.97 Å². The van der Waals surface area contributed by atoms with Crippen molar-refractivity contribution in [2.45, 2.75) is 111 Å². The summed E-state index contributed by atoms with van der Waals surface area (Å²) in [7, 11) is 0. The minimum atomic E-state index is -0.172. The van der Waals surface area contributed by atoms with Crippen molar-refractivity contribution in [3.05, 3.63) is 11.6 Å². The Labute approximate surface area is 196 Å². The van der Waals surface area contributed by atoms with Crippen LogP contribution in [0.25, 0.3) is 0 Å². The van der Waals surface area contributed by atoms with Gasteiger partial charge in [0.05, 0.1) is 6.61 Å². The van der Waals surface area contributed by atoms with E-state index in [-0.39, 0.29) is 24.1 Å². The number of hydrogen-bond acceptors (Lipinski definition) is 3. The van der Waals surface area contributed by atoms with Gasteiger partial charge in [0.2, 0.25) is 0 Å². The minimum absolute atomic E-state index is 0.00591. The van der Waals surface area contributed by atoms with E-state index in [0.29, 0.717) is 11.3 Å². The number of ether oxygens (including phenoxy) is 1. The lowest BCUT2D eigenvalue weighted by Gasteiger charge is -2.59. The maximum Gasteiger partial charge on any atom is 0.302 e. The molecule has 3 nitrogen and oxygen atoms in total. The molecule has 32 heavy (non-hydrogen) atoms. The summed E-state index contributed by atoms with van der Waals surface area (Å²) in [6.45, 7) is 11.6. The number of aliphatic hydroxyl groups is 1. The van der Waals surface area contributed by atoms with Gasteiger partial charge in [0, 0.05) is 18.8 Å². The molecule has 0 unspecified atom stereocenters. The molecule has 8 atom stereocenters. The van der Waals surface area contributed by atoms with Crippen LogP contribution in [0.1, 0.15) is 105 Å². The smallest absolute Gasteiger partial charge is 0.302 e. The Bertz CT molecular complexity index is 711. The molecule has 3 heteroatoms. The summed E-state index contributed by atoms with van der Waals surface area (Å²) >= 11 is 0. The molecule has 0 bridgehead atoms. The number of allylic oxidation sites excluding steroid dienone is 1. The molecular formula is C29H48O3. The van der Waals surface area contributed by atoms with E-state index in [1.807, 2.05) is 0 Å². The summed E-state index contributed by atoms with van der Waals surface area (Å²) in [5, 5.41) is 10.7. The zero-order valence-corrected chi connectivity index (χ0v) is 21.4. The van der Waals surface area contributed by atoms with Crippen LogP contribution >= 0.6 is 0 Å². The van der Waals surface area contributed by atoms with Crippen LogP contribution in [0.5, 0.6) is 0 Å². The zero-order valence-electron chi connectivity index (χ0n) is 21.4. The molecule has 3 fully saturated rings. The minimum Gasteiger partial charge on any atom is -0.462 e. The fourth-order valence-corrected chi connectivity index (χ4v) is 9.08. The van der Waals surface area contributed by atoms with Crippen LogP contribution in [-0.4, -0.2) is 23.8 Å². The van der Waals surface area contributed by atoms with Crippen LogP contribution < -0.4 is 0 Å². The number of hydrogen-bond donors (Lipinski definition) is 1. The van der Waals surface area contributed by atoms with Crippen LogP contribution in [0.4, 0.5) is 0 Å². The van der Waals surface area contributed by atoms with Gasteiger partial charge in [0.1, 0.15) is 6.10 Å². The summed E-state index contributed by atoms with van der Waals surface area (Å²) < 4.78 is 5.58. The fraction of sp³-hybridized carbons (Fsp3) is 0.897. The molecule has 4 aliphatic carbocycles. The Kier molecular flexibility index (Phi) is 7.16. The third kappa shape index (κ3) is 4.21. The van der Waals surface area contributed by atoms with Gasteiger partial charge in [-0.1, -0.05) is 58.6 Å². The van der Waals surface area contributed by atoms with Gasteiger partial charge in [-0.05, 0) is 85.9 Å². The highest BCUT2D eigenvalue weighted by Crippen LogP contribution is 2.67. The van der Waals surface area contributed by atoms with Gasteiger partial charge in [-0.15, -0.1) is 0 Å². The van der Waals surface area contributed by atoms with E-state index in [0.717, 1.165) is 48.9 Å². The molecule has 0 radical (unpaired) electrons. The molecule has 1 N–H and O–H groups in total. The van der Waals surface area contributed by atoms with Crippen molar-refractivity contribution in [1.82, 2.24) is 0 Å². The zero-order chi connectivity index (χ0) is 23.1. The fourth-order valence-electron chi connectivity index (χ4n) is 9.08. The van der Waals surface area contributed by atoms with Crippen LogP contribution in [0.3, 0.4) is 0 Å². The first-order valence-electron chi connectivity index (χ1n) is 13.7. The Morgan fingerprint density at radius 2 is 1.91 bits per heavy atom. The van der Waals surface area contributed by atoms with Crippen molar-refractivity contribution < 1.29 is 14.6 Å². The van der Waals surface area contributed by atoms with Gasteiger partial charge in [-0.25, -0.2) is 0 Å². The van der Waals surface area contributed by atoms with Crippen molar-refractivity contribution in [1.29, 1.82) is 0 Å². The Hall–Kier alpha value is -0.830. The number of carbonyl (C=O) groups excluding carboxylic acids is 1. The molecular weight excluding hydrogens is 396 g/mol. The van der Waals surface area contributed by atoms with Crippen molar-refractivity contribution in [2.24, 2.45) is 46.3 Å². The molecule has 0 aliphatic heterocycles. The third-order valence-electron chi connectivity index (χ3n) is 10.6. The van der Waals surface area contributed by atoms with Crippen LogP contribution in [0, 0.1) is 46.3 Å². The molecule has 4 rings (SSSR count). The number of aliphatic hydroxyl groups excluding tert-OH is 1. The Morgan fingerprint density at radius 1 is 1.12 bits per heavy atom. The van der Waals surface area contributed by atoms with Crippen LogP contribution in [0.2, 0.25) is 0 Å². The highest BCUT2D eigenvalue weighted by molar-refractivity contribution is 5.66. The first-order valence-corrected chi connectivity index (χ1v) is 13.7. The summed E-state index contributed by atoms with van der Waals surface area (Å²) in [6.07, 6.45) is 15.9. The Morgan fingerprint density at radius 3 is 2.59 bits per heavy atom. The van der Waals surface area contributed by atoms with E-state index in [4.69, 9.17) is 4.74 Å². The number of esters is 1. The lowest BCUT2D eigenvalue weighted by molar-refractivity contribution is -0.149. The van der Waals surface area contributed by atoms with Gasteiger partial charge in [0.15, 0.2) is 0 Å². The monoisotopic (exact) mass is 444 g/mol. The average Bonchev–Trinajstić information content (AvgIpc) is 3.10.